The number of hydrogen-bond acceptors (Lipinski definition) is 2. The maximum absolute atomic E-state index is 14.0. The summed E-state index contributed by atoms with van der Waals surface area (Å²) in [5.41, 5.74) is 0.596. The molecule has 0 heterocycles. The second-order valence-corrected chi connectivity index (χ2v) is 6.44. The van der Waals surface area contributed by atoms with Crippen molar-refractivity contribution in [2.24, 2.45) is 0 Å². The maximum Gasteiger partial charge on any atom is 0.126 e. The molecule has 0 bridgehead atoms. The Kier molecular flexibility index (Phi) is 5.58. The third kappa shape index (κ3) is 3.41. The smallest absolute Gasteiger partial charge is 0.126 e. The first-order valence-corrected chi connectivity index (χ1v) is 8.13. The highest BCUT2D eigenvalue weighted by molar-refractivity contribution is 9.10. The molecule has 1 aliphatic carbocycles. The first-order valence-electron chi connectivity index (χ1n) is 7.34. The molecule has 1 fully saturated rings. The third-order valence-corrected chi connectivity index (χ3v) is 4.87. The quantitative estimate of drug-likeness (QED) is 0.840. The van der Waals surface area contributed by atoms with Crippen LogP contribution in [0, 0.1) is 5.82 Å². The van der Waals surface area contributed by atoms with Crippen molar-refractivity contribution in [3.8, 4) is 0 Å². The summed E-state index contributed by atoms with van der Waals surface area (Å²) in [5, 5.41) is 3.50. The molecule has 2 nitrogen and oxygen atoms in total. The van der Waals surface area contributed by atoms with Gasteiger partial charge in [-0.25, -0.2) is 4.39 Å². The van der Waals surface area contributed by atoms with Crippen LogP contribution in [0.25, 0.3) is 0 Å². The number of hydrogen-bond donors (Lipinski definition) is 1. The van der Waals surface area contributed by atoms with Crippen molar-refractivity contribution < 1.29 is 9.13 Å². The number of methoxy groups -OCH3 is 1. The Morgan fingerprint density at radius 1 is 1.40 bits per heavy atom. The van der Waals surface area contributed by atoms with Crippen molar-refractivity contribution in [3.05, 3.63) is 34.1 Å². The molecule has 0 spiro atoms. The van der Waals surface area contributed by atoms with E-state index in [9.17, 15) is 4.39 Å². The highest BCUT2D eigenvalue weighted by Crippen LogP contribution is 2.37. The standard InChI is InChI=1S/C16H23BrFNO/c1-3-19-15(16(20-2)8-4-5-9-16)11-12-10-13(17)6-7-14(12)18/h6-7,10,15,19H,3-5,8-9,11H2,1-2H3. The number of ether oxygens (including phenoxy) is 1. The van der Waals surface area contributed by atoms with Crippen LogP contribution in [0.1, 0.15) is 38.2 Å². The van der Waals surface area contributed by atoms with Crippen LogP contribution in [0.5, 0.6) is 0 Å². The van der Waals surface area contributed by atoms with Crippen LogP contribution in [0.4, 0.5) is 4.39 Å². The average Bonchev–Trinajstić information content (AvgIpc) is 2.92. The van der Waals surface area contributed by atoms with Gasteiger partial charge in [0, 0.05) is 17.6 Å². The van der Waals surface area contributed by atoms with Crippen molar-refractivity contribution in [2.75, 3.05) is 13.7 Å². The first-order chi connectivity index (χ1) is 9.61. The molecule has 1 aliphatic rings. The maximum atomic E-state index is 14.0. The highest BCUT2D eigenvalue weighted by atomic mass is 79.9. The zero-order valence-corrected chi connectivity index (χ0v) is 13.8. The lowest BCUT2D eigenvalue weighted by Crippen LogP contribution is -2.51. The minimum absolute atomic E-state index is 0.139. The molecule has 1 atom stereocenters. The van der Waals surface area contributed by atoms with Crippen LogP contribution in [0.3, 0.4) is 0 Å². The fourth-order valence-electron chi connectivity index (χ4n) is 3.28. The molecule has 1 aromatic carbocycles. The van der Waals surface area contributed by atoms with E-state index in [1.807, 2.05) is 6.07 Å². The highest BCUT2D eigenvalue weighted by Gasteiger charge is 2.41. The molecule has 0 radical (unpaired) electrons. The minimum atomic E-state index is -0.148. The first kappa shape index (κ1) is 15.9. The number of nitrogens with one attached hydrogen (secondary N) is 1. The molecular formula is C16H23BrFNO. The summed E-state index contributed by atoms with van der Waals surface area (Å²) < 4.78 is 20.8. The van der Waals surface area contributed by atoms with E-state index in [0.717, 1.165) is 29.4 Å². The van der Waals surface area contributed by atoms with Crippen LogP contribution < -0.4 is 5.32 Å². The lowest BCUT2D eigenvalue weighted by molar-refractivity contribution is -0.0353. The summed E-state index contributed by atoms with van der Waals surface area (Å²) in [4.78, 5) is 0. The van der Waals surface area contributed by atoms with Gasteiger partial charge in [-0.1, -0.05) is 35.7 Å². The van der Waals surface area contributed by atoms with Crippen molar-refractivity contribution >= 4 is 15.9 Å². The molecule has 1 aromatic rings. The monoisotopic (exact) mass is 343 g/mol. The Balaban J connectivity index is 2.22. The fraction of sp³-hybridized carbons (Fsp3) is 0.625. The number of benzene rings is 1. The Morgan fingerprint density at radius 3 is 2.70 bits per heavy atom. The molecule has 112 valence electrons. The van der Waals surface area contributed by atoms with Crippen molar-refractivity contribution in [1.82, 2.24) is 5.32 Å². The molecule has 0 aromatic heterocycles. The molecular weight excluding hydrogens is 321 g/mol. The molecule has 2 rings (SSSR count). The van der Waals surface area contributed by atoms with Crippen LogP contribution in [-0.2, 0) is 11.2 Å². The Labute approximate surface area is 129 Å². The zero-order chi connectivity index (χ0) is 14.6. The topological polar surface area (TPSA) is 21.3 Å². The number of likely N-dealkylation sites (N-methyl/N-ethyl adjacent to an activating group) is 1. The summed E-state index contributed by atoms with van der Waals surface area (Å²) in [7, 11) is 1.78. The molecule has 1 unspecified atom stereocenters. The van der Waals surface area contributed by atoms with Gasteiger partial charge in [-0.2, -0.15) is 0 Å². The largest absolute Gasteiger partial charge is 0.377 e. The van der Waals surface area contributed by atoms with Crippen molar-refractivity contribution in [2.45, 2.75) is 50.7 Å². The van der Waals surface area contributed by atoms with Gasteiger partial charge in [0.2, 0.25) is 0 Å². The van der Waals surface area contributed by atoms with E-state index < -0.39 is 0 Å². The molecule has 1 saturated carbocycles. The molecule has 0 aliphatic heterocycles. The van der Waals surface area contributed by atoms with Gasteiger partial charge in [0.15, 0.2) is 0 Å². The normalized spacial score (nSPS) is 19.2. The van der Waals surface area contributed by atoms with Crippen molar-refractivity contribution in [1.29, 1.82) is 0 Å². The molecule has 1 N–H and O–H groups in total. The van der Waals surface area contributed by atoms with Gasteiger partial charge in [0.1, 0.15) is 5.82 Å². The average molecular weight is 344 g/mol. The van der Waals surface area contributed by atoms with Crippen LogP contribution in [0.2, 0.25) is 0 Å². The second-order valence-electron chi connectivity index (χ2n) is 5.53. The SMILES string of the molecule is CCNC(Cc1cc(Br)ccc1F)C1(OC)CCCC1. The summed E-state index contributed by atoms with van der Waals surface area (Å²) in [6, 6.07) is 5.29. The van der Waals surface area contributed by atoms with Gasteiger partial charge in [0.25, 0.3) is 0 Å². The van der Waals surface area contributed by atoms with E-state index >= 15 is 0 Å². The Hall–Kier alpha value is -0.450. The van der Waals surface area contributed by atoms with Crippen LogP contribution in [0.15, 0.2) is 22.7 Å². The van der Waals surface area contributed by atoms with Gasteiger partial charge >= 0.3 is 0 Å². The van der Waals surface area contributed by atoms with Crippen molar-refractivity contribution in [3.63, 3.8) is 0 Å². The zero-order valence-electron chi connectivity index (χ0n) is 12.2. The third-order valence-electron chi connectivity index (χ3n) is 4.37. The Morgan fingerprint density at radius 2 is 2.10 bits per heavy atom. The summed E-state index contributed by atoms with van der Waals surface area (Å²) >= 11 is 3.42. The molecule has 4 heteroatoms. The van der Waals surface area contributed by atoms with Gasteiger partial charge in [-0.15, -0.1) is 0 Å². The van der Waals surface area contributed by atoms with Crippen LogP contribution in [-0.4, -0.2) is 25.3 Å². The predicted octanol–water partition coefficient (Wildman–Crippen LogP) is 4.07. The summed E-state index contributed by atoms with van der Waals surface area (Å²) in [6.07, 6.45) is 5.15. The number of halogens is 2. The molecule has 20 heavy (non-hydrogen) atoms. The van der Waals surface area contributed by atoms with Gasteiger partial charge in [-0.3, -0.25) is 0 Å². The molecule has 0 amide bonds. The van der Waals surface area contributed by atoms with Gasteiger partial charge < -0.3 is 10.1 Å². The molecule has 0 saturated heterocycles. The second kappa shape index (κ2) is 7.01. The lowest BCUT2D eigenvalue weighted by Gasteiger charge is -2.37. The van der Waals surface area contributed by atoms with Crippen LogP contribution >= 0.6 is 15.9 Å². The lowest BCUT2D eigenvalue weighted by atomic mass is 9.87. The van der Waals surface area contributed by atoms with E-state index in [0.29, 0.717) is 6.42 Å². The number of rotatable bonds is 6. The summed E-state index contributed by atoms with van der Waals surface area (Å²) in [5.74, 6) is -0.139. The Bertz CT molecular complexity index is 446. The van der Waals surface area contributed by atoms with E-state index in [2.05, 4.69) is 28.2 Å². The van der Waals surface area contributed by atoms with E-state index in [-0.39, 0.29) is 17.5 Å². The van der Waals surface area contributed by atoms with E-state index in [4.69, 9.17) is 4.74 Å². The van der Waals surface area contributed by atoms with Gasteiger partial charge in [-0.05, 0) is 49.6 Å². The fourth-order valence-corrected chi connectivity index (χ4v) is 3.69. The van der Waals surface area contributed by atoms with E-state index in [1.54, 1.807) is 13.2 Å². The minimum Gasteiger partial charge on any atom is -0.377 e. The van der Waals surface area contributed by atoms with Gasteiger partial charge in [0.05, 0.1) is 5.60 Å². The van der Waals surface area contributed by atoms with E-state index in [1.165, 1.54) is 18.9 Å². The predicted molar refractivity (Wildman–Crippen MR) is 83.5 cm³/mol. The summed E-state index contributed by atoms with van der Waals surface area (Å²) in [6.45, 7) is 2.95.